The van der Waals surface area contributed by atoms with Crippen LogP contribution in [0.5, 0.6) is 0 Å². The smallest absolute Gasteiger partial charge is 0.0842 e. The molecule has 0 fully saturated rings. The molecule has 0 saturated heterocycles. The summed E-state index contributed by atoms with van der Waals surface area (Å²) >= 11 is 0. The van der Waals surface area contributed by atoms with Gasteiger partial charge in [0.2, 0.25) is 0 Å². The van der Waals surface area contributed by atoms with Crippen LogP contribution in [0.4, 0.5) is 0 Å². The number of hydrogen-bond donors (Lipinski definition) is 1. The highest BCUT2D eigenvalue weighted by atomic mass is 16.5. The lowest BCUT2D eigenvalue weighted by molar-refractivity contribution is 0.0267. The second-order valence-corrected chi connectivity index (χ2v) is 7.53. The van der Waals surface area contributed by atoms with Crippen molar-refractivity contribution in [2.24, 2.45) is 11.3 Å². The van der Waals surface area contributed by atoms with Gasteiger partial charge in [0.05, 0.1) is 12.7 Å². The number of fused-ring (bicyclic) bond motifs is 1. The summed E-state index contributed by atoms with van der Waals surface area (Å²) in [7, 11) is 2.08. The number of hydrogen-bond acceptors (Lipinski definition) is 2. The number of nitrogens with one attached hydrogen (secondary N) is 1. The van der Waals surface area contributed by atoms with E-state index < -0.39 is 0 Å². The highest BCUT2D eigenvalue weighted by molar-refractivity contribution is 5.31. The molecule has 1 aliphatic rings. The molecule has 21 heavy (non-hydrogen) atoms. The summed E-state index contributed by atoms with van der Waals surface area (Å²) < 4.78 is 6.06. The molecule has 1 aromatic rings. The van der Waals surface area contributed by atoms with Crippen molar-refractivity contribution in [3.63, 3.8) is 0 Å². The van der Waals surface area contributed by atoms with Gasteiger partial charge >= 0.3 is 0 Å². The average Bonchev–Trinajstić information content (AvgIpc) is 2.45. The first-order valence-electron chi connectivity index (χ1n) is 8.28. The van der Waals surface area contributed by atoms with Gasteiger partial charge in [0.1, 0.15) is 0 Å². The van der Waals surface area contributed by atoms with E-state index in [9.17, 15) is 0 Å². The fraction of sp³-hybridized carbons (Fsp3) is 0.684. The first-order chi connectivity index (χ1) is 9.91. The third-order valence-electron chi connectivity index (χ3n) is 5.12. The largest absolute Gasteiger partial charge is 0.373 e. The van der Waals surface area contributed by atoms with Gasteiger partial charge in [0.15, 0.2) is 0 Å². The van der Waals surface area contributed by atoms with Crippen LogP contribution in [0.2, 0.25) is 0 Å². The molecular formula is C19H31NO. The van der Waals surface area contributed by atoms with Crippen molar-refractivity contribution in [1.82, 2.24) is 5.32 Å². The Bertz CT molecular complexity index is 449. The van der Waals surface area contributed by atoms with E-state index >= 15 is 0 Å². The average molecular weight is 289 g/mol. The molecule has 3 unspecified atom stereocenters. The number of rotatable bonds is 5. The molecule has 2 heteroatoms. The van der Waals surface area contributed by atoms with Crippen LogP contribution in [0.3, 0.4) is 0 Å². The standard InChI is InChI=1S/C19H31NO/c1-14(19(2,3)4)12-16(20-5)13-18-17-9-7-6-8-15(17)10-11-21-18/h6-9,14,16,18,20H,10-13H2,1-5H3. The minimum atomic E-state index is 0.250. The van der Waals surface area contributed by atoms with Crippen LogP contribution in [0.25, 0.3) is 0 Å². The van der Waals surface area contributed by atoms with Gasteiger partial charge in [-0.2, -0.15) is 0 Å². The summed E-state index contributed by atoms with van der Waals surface area (Å²) in [6.45, 7) is 10.2. The van der Waals surface area contributed by atoms with E-state index in [1.54, 1.807) is 0 Å². The topological polar surface area (TPSA) is 21.3 Å². The Morgan fingerprint density at radius 3 is 2.67 bits per heavy atom. The maximum Gasteiger partial charge on any atom is 0.0842 e. The Morgan fingerprint density at radius 2 is 2.00 bits per heavy atom. The van der Waals surface area contributed by atoms with E-state index in [-0.39, 0.29) is 6.10 Å². The lowest BCUT2D eigenvalue weighted by atomic mass is 9.77. The molecule has 1 heterocycles. The normalized spacial score (nSPS) is 21.7. The molecule has 0 spiro atoms. The Morgan fingerprint density at radius 1 is 1.29 bits per heavy atom. The second kappa shape index (κ2) is 6.93. The van der Waals surface area contributed by atoms with Gasteiger partial charge in [-0.15, -0.1) is 0 Å². The highest BCUT2D eigenvalue weighted by Gasteiger charge is 2.27. The molecule has 0 saturated carbocycles. The summed E-state index contributed by atoms with van der Waals surface area (Å²) in [5.41, 5.74) is 3.22. The van der Waals surface area contributed by atoms with Crippen LogP contribution in [0.1, 0.15) is 57.8 Å². The van der Waals surface area contributed by atoms with Gasteiger partial charge in [-0.1, -0.05) is 52.0 Å². The molecule has 0 bridgehead atoms. The SMILES string of the molecule is CNC(CC1OCCc2ccccc21)CC(C)C(C)(C)C. The molecule has 2 nitrogen and oxygen atoms in total. The molecule has 3 atom stereocenters. The van der Waals surface area contributed by atoms with Crippen LogP contribution >= 0.6 is 0 Å². The minimum absolute atomic E-state index is 0.250. The van der Waals surface area contributed by atoms with Crippen LogP contribution in [-0.2, 0) is 11.2 Å². The van der Waals surface area contributed by atoms with Gasteiger partial charge in [-0.25, -0.2) is 0 Å². The van der Waals surface area contributed by atoms with E-state index in [2.05, 4.69) is 64.3 Å². The molecular weight excluding hydrogens is 258 g/mol. The van der Waals surface area contributed by atoms with Crippen LogP contribution in [-0.4, -0.2) is 19.7 Å². The summed E-state index contributed by atoms with van der Waals surface area (Å²) in [4.78, 5) is 0. The number of benzene rings is 1. The highest BCUT2D eigenvalue weighted by Crippen LogP contribution is 2.34. The van der Waals surface area contributed by atoms with Gasteiger partial charge in [0.25, 0.3) is 0 Å². The monoisotopic (exact) mass is 289 g/mol. The molecule has 0 amide bonds. The third-order valence-corrected chi connectivity index (χ3v) is 5.12. The number of ether oxygens (including phenoxy) is 1. The predicted molar refractivity (Wildman–Crippen MR) is 89.5 cm³/mol. The van der Waals surface area contributed by atoms with Gasteiger partial charge in [-0.3, -0.25) is 0 Å². The third kappa shape index (κ3) is 4.31. The van der Waals surface area contributed by atoms with Gasteiger partial charge in [0, 0.05) is 6.04 Å². The van der Waals surface area contributed by atoms with E-state index in [1.807, 2.05) is 0 Å². The maximum absolute atomic E-state index is 6.06. The fourth-order valence-electron chi connectivity index (χ4n) is 3.04. The van der Waals surface area contributed by atoms with Crippen LogP contribution in [0.15, 0.2) is 24.3 Å². The van der Waals surface area contributed by atoms with Crippen LogP contribution in [0, 0.1) is 11.3 Å². The van der Waals surface area contributed by atoms with E-state index in [4.69, 9.17) is 4.74 Å². The molecule has 1 aliphatic heterocycles. The second-order valence-electron chi connectivity index (χ2n) is 7.53. The van der Waals surface area contributed by atoms with Crippen molar-refractivity contribution >= 4 is 0 Å². The minimum Gasteiger partial charge on any atom is -0.373 e. The van der Waals surface area contributed by atoms with E-state index in [1.165, 1.54) is 17.5 Å². The Hall–Kier alpha value is -0.860. The summed E-state index contributed by atoms with van der Waals surface area (Å²) in [6, 6.07) is 9.26. The quantitative estimate of drug-likeness (QED) is 0.870. The molecule has 0 radical (unpaired) electrons. The zero-order valence-corrected chi connectivity index (χ0v) is 14.3. The van der Waals surface area contributed by atoms with Gasteiger partial charge < -0.3 is 10.1 Å². The first-order valence-corrected chi connectivity index (χ1v) is 8.28. The Kier molecular flexibility index (Phi) is 5.45. The Balaban J connectivity index is 2.03. The molecule has 1 N–H and O–H groups in total. The lowest BCUT2D eigenvalue weighted by Gasteiger charge is -2.33. The fourth-order valence-corrected chi connectivity index (χ4v) is 3.04. The lowest BCUT2D eigenvalue weighted by Crippen LogP contribution is -2.34. The van der Waals surface area contributed by atoms with Crippen LogP contribution < -0.4 is 5.32 Å². The summed E-state index contributed by atoms with van der Waals surface area (Å²) in [5, 5.41) is 3.50. The maximum atomic E-state index is 6.06. The molecule has 0 aliphatic carbocycles. The van der Waals surface area contributed by atoms with Crippen molar-refractivity contribution in [1.29, 1.82) is 0 Å². The molecule has 2 rings (SSSR count). The molecule has 118 valence electrons. The Labute approximate surface area is 130 Å². The zero-order valence-electron chi connectivity index (χ0n) is 14.3. The summed E-state index contributed by atoms with van der Waals surface area (Å²) in [5.74, 6) is 0.689. The van der Waals surface area contributed by atoms with E-state index in [0.717, 1.165) is 19.4 Å². The van der Waals surface area contributed by atoms with Crippen molar-refractivity contribution in [3.05, 3.63) is 35.4 Å². The van der Waals surface area contributed by atoms with Crippen molar-refractivity contribution in [3.8, 4) is 0 Å². The zero-order chi connectivity index (χ0) is 15.5. The predicted octanol–water partition coefficient (Wildman–Crippen LogP) is 4.35. The van der Waals surface area contributed by atoms with E-state index in [0.29, 0.717) is 17.4 Å². The van der Waals surface area contributed by atoms with Crippen molar-refractivity contribution in [2.45, 2.75) is 59.1 Å². The first kappa shape index (κ1) is 16.5. The van der Waals surface area contributed by atoms with Crippen molar-refractivity contribution in [2.75, 3.05) is 13.7 Å². The molecule has 1 aromatic carbocycles. The van der Waals surface area contributed by atoms with Crippen molar-refractivity contribution < 1.29 is 4.74 Å². The molecule has 0 aromatic heterocycles. The summed E-state index contributed by atoms with van der Waals surface area (Å²) in [6.07, 6.45) is 3.56. The van der Waals surface area contributed by atoms with Gasteiger partial charge in [-0.05, 0) is 48.8 Å².